The third kappa shape index (κ3) is 3.90. The molecule has 0 bridgehead atoms. The molecular weight excluding hydrogens is 390 g/mol. The molecule has 0 saturated heterocycles. The molecule has 2 heterocycles. The van der Waals surface area contributed by atoms with Crippen LogP contribution in [-0.4, -0.2) is 25.5 Å². The van der Waals surface area contributed by atoms with Crippen LogP contribution in [0.4, 0.5) is 5.82 Å². The number of amides is 1. The van der Waals surface area contributed by atoms with Crippen LogP contribution in [0.1, 0.15) is 11.3 Å². The fraction of sp³-hybridized carbons (Fsp3) is 0.143. The predicted octanol–water partition coefficient (Wildman–Crippen LogP) is 3.24. The van der Waals surface area contributed by atoms with Crippen LogP contribution < -0.4 is 10.9 Å². The Morgan fingerprint density at radius 2 is 1.76 bits per heavy atom. The lowest BCUT2D eigenvalue weighted by atomic mass is 10.1. The zero-order valence-corrected chi connectivity index (χ0v) is 16.4. The van der Waals surface area contributed by atoms with Gasteiger partial charge in [0, 0.05) is 16.5 Å². The van der Waals surface area contributed by atoms with E-state index >= 15 is 0 Å². The summed E-state index contributed by atoms with van der Waals surface area (Å²) >= 11 is 6.21. The molecule has 0 aliphatic carbocycles. The van der Waals surface area contributed by atoms with Crippen LogP contribution >= 0.6 is 11.6 Å². The van der Waals surface area contributed by atoms with Crippen molar-refractivity contribution in [1.82, 2.24) is 19.6 Å². The molecule has 0 spiro atoms. The number of aryl methyl sites for hydroxylation is 1. The molecule has 0 fully saturated rings. The number of hydrogen-bond acceptors (Lipinski definition) is 4. The molecule has 2 aromatic carbocycles. The highest BCUT2D eigenvalue weighted by atomic mass is 35.5. The molecule has 0 saturated carbocycles. The van der Waals surface area contributed by atoms with Crippen molar-refractivity contribution in [1.29, 1.82) is 0 Å². The molecule has 1 amide bonds. The summed E-state index contributed by atoms with van der Waals surface area (Å²) in [5, 5.41) is 13.3. The van der Waals surface area contributed by atoms with E-state index in [1.807, 2.05) is 37.3 Å². The maximum Gasteiger partial charge on any atom is 0.275 e. The maximum absolute atomic E-state index is 12.7. The summed E-state index contributed by atoms with van der Waals surface area (Å²) in [6, 6.07) is 16.4. The zero-order valence-electron chi connectivity index (χ0n) is 15.7. The van der Waals surface area contributed by atoms with Gasteiger partial charge in [0.1, 0.15) is 12.4 Å². The van der Waals surface area contributed by atoms with Gasteiger partial charge in [-0.25, -0.2) is 9.36 Å². The number of aromatic nitrogens is 4. The van der Waals surface area contributed by atoms with Crippen LogP contribution in [-0.2, 0) is 17.9 Å². The molecule has 7 nitrogen and oxygen atoms in total. The number of nitrogens with zero attached hydrogens (tertiary/aromatic N) is 4. The van der Waals surface area contributed by atoms with E-state index in [1.165, 1.54) is 4.68 Å². The highest BCUT2D eigenvalue weighted by Crippen LogP contribution is 2.18. The van der Waals surface area contributed by atoms with Crippen molar-refractivity contribution in [3.8, 4) is 0 Å². The lowest BCUT2D eigenvalue weighted by molar-refractivity contribution is -0.117. The Labute approximate surface area is 171 Å². The molecule has 0 radical (unpaired) electrons. The molecule has 4 rings (SSSR count). The van der Waals surface area contributed by atoms with Crippen molar-refractivity contribution in [3.63, 3.8) is 0 Å². The standard InChI is InChI=1S/C21H18ClN5O2/c1-14-16-7-3-4-8-17(16)21(29)27(25-14)13-20(28)24-19-10-11-23-26(19)12-15-6-2-5-9-18(15)22/h2-11H,12-13H2,1H3,(H,24,28). The van der Waals surface area contributed by atoms with Gasteiger partial charge in [-0.2, -0.15) is 10.2 Å². The van der Waals surface area contributed by atoms with E-state index in [1.54, 1.807) is 35.1 Å². The lowest BCUT2D eigenvalue weighted by Gasteiger charge is -2.11. The van der Waals surface area contributed by atoms with Gasteiger partial charge in [-0.15, -0.1) is 0 Å². The number of carbonyl (C=O) groups excluding carboxylic acids is 1. The summed E-state index contributed by atoms with van der Waals surface area (Å²) in [4.78, 5) is 25.2. The summed E-state index contributed by atoms with van der Waals surface area (Å²) in [5.74, 6) is 0.149. The molecule has 1 N–H and O–H groups in total. The molecule has 2 aromatic heterocycles. The van der Waals surface area contributed by atoms with Crippen LogP contribution in [0.15, 0.2) is 65.6 Å². The van der Waals surface area contributed by atoms with Crippen LogP contribution in [0.5, 0.6) is 0 Å². The third-order valence-corrected chi connectivity index (χ3v) is 4.98. The Balaban J connectivity index is 1.54. The van der Waals surface area contributed by atoms with Crippen molar-refractivity contribution >= 4 is 34.1 Å². The van der Waals surface area contributed by atoms with Gasteiger partial charge in [0.2, 0.25) is 5.91 Å². The monoisotopic (exact) mass is 407 g/mol. The van der Waals surface area contributed by atoms with E-state index in [2.05, 4.69) is 15.5 Å². The molecule has 0 aliphatic rings. The first-order valence-electron chi connectivity index (χ1n) is 9.04. The molecule has 0 aliphatic heterocycles. The SMILES string of the molecule is Cc1nn(CC(=O)Nc2ccnn2Cc2ccccc2Cl)c(=O)c2ccccc12. The van der Waals surface area contributed by atoms with Gasteiger partial charge in [-0.3, -0.25) is 9.59 Å². The largest absolute Gasteiger partial charge is 0.309 e. The summed E-state index contributed by atoms with van der Waals surface area (Å²) in [5.41, 5.74) is 1.28. The second-order valence-electron chi connectivity index (χ2n) is 6.61. The van der Waals surface area contributed by atoms with E-state index in [4.69, 9.17) is 11.6 Å². The van der Waals surface area contributed by atoms with E-state index < -0.39 is 0 Å². The second kappa shape index (κ2) is 7.89. The number of hydrogen-bond donors (Lipinski definition) is 1. The average Bonchev–Trinajstić information content (AvgIpc) is 3.14. The summed E-state index contributed by atoms with van der Waals surface area (Å²) in [7, 11) is 0. The molecule has 0 unspecified atom stereocenters. The van der Waals surface area contributed by atoms with E-state index in [9.17, 15) is 9.59 Å². The molecule has 0 atom stereocenters. The van der Waals surface area contributed by atoms with Crippen molar-refractivity contribution in [2.24, 2.45) is 0 Å². The first kappa shape index (κ1) is 18.9. The van der Waals surface area contributed by atoms with Crippen molar-refractivity contribution < 1.29 is 4.79 Å². The number of anilines is 1. The number of rotatable bonds is 5. The van der Waals surface area contributed by atoms with E-state index in [0.29, 0.717) is 28.5 Å². The Bertz CT molecular complexity index is 1260. The quantitative estimate of drug-likeness (QED) is 0.550. The number of carbonyl (C=O) groups is 1. The van der Waals surface area contributed by atoms with Gasteiger partial charge in [-0.05, 0) is 24.6 Å². The minimum atomic E-state index is -0.366. The maximum atomic E-state index is 12.7. The normalized spacial score (nSPS) is 11.0. The lowest BCUT2D eigenvalue weighted by Crippen LogP contribution is -2.30. The fourth-order valence-corrected chi connectivity index (χ4v) is 3.38. The van der Waals surface area contributed by atoms with E-state index in [-0.39, 0.29) is 18.0 Å². The topological polar surface area (TPSA) is 81.8 Å². The van der Waals surface area contributed by atoms with Gasteiger partial charge in [0.25, 0.3) is 5.56 Å². The first-order chi connectivity index (χ1) is 14.0. The summed E-state index contributed by atoms with van der Waals surface area (Å²) < 4.78 is 2.82. The molecular formula is C21H18ClN5O2. The van der Waals surface area contributed by atoms with Gasteiger partial charge in [0.05, 0.1) is 23.8 Å². The predicted molar refractivity (Wildman–Crippen MR) is 112 cm³/mol. The van der Waals surface area contributed by atoms with E-state index in [0.717, 1.165) is 10.9 Å². The molecule has 8 heteroatoms. The minimum Gasteiger partial charge on any atom is -0.309 e. The first-order valence-corrected chi connectivity index (χ1v) is 9.42. The summed E-state index contributed by atoms with van der Waals surface area (Å²) in [6.45, 7) is 2.03. The number of halogens is 1. The summed E-state index contributed by atoms with van der Waals surface area (Å²) in [6.07, 6.45) is 1.59. The van der Waals surface area contributed by atoms with Crippen LogP contribution in [0, 0.1) is 6.92 Å². The zero-order chi connectivity index (χ0) is 20.4. The van der Waals surface area contributed by atoms with Gasteiger partial charge in [-0.1, -0.05) is 48.0 Å². The van der Waals surface area contributed by atoms with Gasteiger partial charge < -0.3 is 5.32 Å². The fourth-order valence-electron chi connectivity index (χ4n) is 3.18. The number of benzene rings is 2. The molecule has 29 heavy (non-hydrogen) atoms. The van der Waals surface area contributed by atoms with Crippen LogP contribution in [0.2, 0.25) is 5.02 Å². The highest BCUT2D eigenvalue weighted by molar-refractivity contribution is 6.31. The Kier molecular flexibility index (Phi) is 5.14. The number of fused-ring (bicyclic) bond motifs is 1. The molecule has 4 aromatic rings. The number of nitrogens with one attached hydrogen (secondary N) is 1. The third-order valence-electron chi connectivity index (χ3n) is 4.61. The van der Waals surface area contributed by atoms with Crippen molar-refractivity contribution in [2.45, 2.75) is 20.0 Å². The van der Waals surface area contributed by atoms with Crippen LogP contribution in [0.25, 0.3) is 10.8 Å². The highest BCUT2D eigenvalue weighted by Gasteiger charge is 2.13. The van der Waals surface area contributed by atoms with Crippen LogP contribution in [0.3, 0.4) is 0 Å². The minimum absolute atomic E-state index is 0.193. The molecule has 146 valence electrons. The van der Waals surface area contributed by atoms with Gasteiger partial charge in [0.15, 0.2) is 0 Å². The average molecular weight is 408 g/mol. The van der Waals surface area contributed by atoms with Crippen molar-refractivity contribution in [3.05, 3.63) is 87.4 Å². The second-order valence-corrected chi connectivity index (χ2v) is 7.01. The van der Waals surface area contributed by atoms with Crippen molar-refractivity contribution in [2.75, 3.05) is 5.32 Å². The Morgan fingerprint density at radius 3 is 2.55 bits per heavy atom. The Hall–Kier alpha value is -3.45. The van der Waals surface area contributed by atoms with Gasteiger partial charge >= 0.3 is 0 Å². The smallest absolute Gasteiger partial charge is 0.275 e. The Morgan fingerprint density at radius 1 is 1.03 bits per heavy atom.